The van der Waals surface area contributed by atoms with Crippen LogP contribution < -0.4 is 0 Å². The summed E-state index contributed by atoms with van der Waals surface area (Å²) in [6, 6.07) is 0. The third-order valence-corrected chi connectivity index (χ3v) is 3.12. The van der Waals surface area contributed by atoms with Gasteiger partial charge in [0.25, 0.3) is 0 Å². The summed E-state index contributed by atoms with van der Waals surface area (Å²) in [7, 11) is 0. The van der Waals surface area contributed by atoms with Gasteiger partial charge in [0.2, 0.25) is 0 Å². The molecule has 0 aromatic heterocycles. The molecule has 1 rings (SSSR count). The van der Waals surface area contributed by atoms with Crippen molar-refractivity contribution in [2.24, 2.45) is 17.8 Å². The van der Waals surface area contributed by atoms with Gasteiger partial charge in [-0.15, -0.1) is 0 Å². The molecule has 1 aliphatic carbocycles. The van der Waals surface area contributed by atoms with Crippen molar-refractivity contribution < 1.29 is 4.74 Å². The molecule has 0 radical (unpaired) electrons. The lowest BCUT2D eigenvalue weighted by molar-refractivity contribution is 0.126. The Balaban J connectivity index is 2.15. The highest BCUT2D eigenvalue weighted by Crippen LogP contribution is 2.37. The molecule has 1 nitrogen and oxygen atoms in total. The second-order valence-corrected chi connectivity index (χ2v) is 4.30. The summed E-state index contributed by atoms with van der Waals surface area (Å²) in [4.78, 5) is 0. The molecular weight excluding hydrogens is 148 g/mol. The fraction of sp³-hybridized carbons (Fsp3) is 1.00. The van der Waals surface area contributed by atoms with Gasteiger partial charge >= 0.3 is 0 Å². The third kappa shape index (κ3) is 2.78. The van der Waals surface area contributed by atoms with Crippen molar-refractivity contribution in [3.8, 4) is 0 Å². The zero-order valence-electron chi connectivity index (χ0n) is 8.68. The van der Waals surface area contributed by atoms with Crippen LogP contribution in [0.2, 0.25) is 0 Å². The Morgan fingerprint density at radius 3 is 2.50 bits per heavy atom. The van der Waals surface area contributed by atoms with E-state index in [0.717, 1.165) is 31.0 Å². The molecule has 1 heteroatoms. The zero-order valence-corrected chi connectivity index (χ0v) is 8.68. The van der Waals surface area contributed by atoms with Crippen LogP contribution in [-0.4, -0.2) is 13.2 Å². The van der Waals surface area contributed by atoms with E-state index in [9.17, 15) is 0 Å². The van der Waals surface area contributed by atoms with E-state index in [0.29, 0.717) is 0 Å². The van der Waals surface area contributed by atoms with Crippen molar-refractivity contribution in [2.75, 3.05) is 13.2 Å². The lowest BCUT2D eigenvalue weighted by Gasteiger charge is -2.14. The van der Waals surface area contributed by atoms with E-state index in [1.807, 2.05) is 0 Å². The second-order valence-electron chi connectivity index (χ2n) is 4.30. The minimum absolute atomic E-state index is 0.872. The summed E-state index contributed by atoms with van der Waals surface area (Å²) < 4.78 is 5.38. The molecule has 0 spiro atoms. The van der Waals surface area contributed by atoms with Gasteiger partial charge in [0.15, 0.2) is 0 Å². The van der Waals surface area contributed by atoms with Crippen LogP contribution in [0.4, 0.5) is 0 Å². The van der Waals surface area contributed by atoms with Gasteiger partial charge in [-0.05, 0) is 43.9 Å². The topological polar surface area (TPSA) is 9.23 Å². The fourth-order valence-corrected chi connectivity index (χ4v) is 2.45. The van der Waals surface area contributed by atoms with E-state index < -0.39 is 0 Å². The van der Waals surface area contributed by atoms with E-state index in [1.54, 1.807) is 0 Å². The summed E-state index contributed by atoms with van der Waals surface area (Å²) in [5, 5.41) is 0. The van der Waals surface area contributed by atoms with Crippen molar-refractivity contribution in [3.63, 3.8) is 0 Å². The van der Waals surface area contributed by atoms with Crippen LogP contribution in [0, 0.1) is 17.8 Å². The number of ether oxygens (including phenoxy) is 1. The normalized spacial score (nSPS) is 35.8. The van der Waals surface area contributed by atoms with Crippen molar-refractivity contribution in [2.45, 2.75) is 40.0 Å². The van der Waals surface area contributed by atoms with Gasteiger partial charge < -0.3 is 4.74 Å². The van der Waals surface area contributed by atoms with Gasteiger partial charge in [-0.2, -0.15) is 0 Å². The molecule has 3 unspecified atom stereocenters. The molecular formula is C11H22O. The molecule has 1 aliphatic rings. The largest absolute Gasteiger partial charge is 0.382 e. The van der Waals surface area contributed by atoms with Crippen LogP contribution in [0.1, 0.15) is 40.0 Å². The fourth-order valence-electron chi connectivity index (χ4n) is 2.45. The molecule has 0 amide bonds. The first kappa shape index (κ1) is 10.0. The molecule has 12 heavy (non-hydrogen) atoms. The van der Waals surface area contributed by atoms with Crippen molar-refractivity contribution in [3.05, 3.63) is 0 Å². The molecule has 0 aliphatic heterocycles. The standard InChI is InChI=1S/C11H22O/c1-4-12-6-5-11-8-9(2)7-10(11)3/h9-11H,4-8H2,1-3H3. The predicted octanol–water partition coefficient (Wildman–Crippen LogP) is 3.10. The van der Waals surface area contributed by atoms with E-state index in [1.165, 1.54) is 19.3 Å². The van der Waals surface area contributed by atoms with Gasteiger partial charge in [-0.3, -0.25) is 0 Å². The summed E-state index contributed by atoms with van der Waals surface area (Å²) >= 11 is 0. The minimum atomic E-state index is 0.872. The van der Waals surface area contributed by atoms with E-state index in [4.69, 9.17) is 4.74 Å². The molecule has 72 valence electrons. The van der Waals surface area contributed by atoms with E-state index in [2.05, 4.69) is 20.8 Å². The third-order valence-electron chi connectivity index (χ3n) is 3.12. The lowest BCUT2D eigenvalue weighted by Crippen LogP contribution is -2.07. The van der Waals surface area contributed by atoms with Gasteiger partial charge in [0.1, 0.15) is 0 Å². The molecule has 0 N–H and O–H groups in total. The number of hydrogen-bond donors (Lipinski definition) is 0. The van der Waals surface area contributed by atoms with Crippen LogP contribution in [0.15, 0.2) is 0 Å². The molecule has 0 aromatic rings. The SMILES string of the molecule is CCOCCC1CC(C)CC1C. The Morgan fingerprint density at radius 1 is 1.25 bits per heavy atom. The molecule has 0 heterocycles. The molecule has 1 fully saturated rings. The summed E-state index contributed by atoms with van der Waals surface area (Å²) in [6.07, 6.45) is 4.13. The van der Waals surface area contributed by atoms with Crippen LogP contribution in [0.25, 0.3) is 0 Å². The summed E-state index contributed by atoms with van der Waals surface area (Å²) in [6.45, 7) is 8.67. The zero-order chi connectivity index (χ0) is 8.97. The van der Waals surface area contributed by atoms with Crippen LogP contribution in [-0.2, 0) is 4.74 Å². The predicted molar refractivity (Wildman–Crippen MR) is 52.2 cm³/mol. The maximum absolute atomic E-state index is 5.38. The quantitative estimate of drug-likeness (QED) is 0.589. The van der Waals surface area contributed by atoms with E-state index in [-0.39, 0.29) is 0 Å². The Morgan fingerprint density at radius 2 is 2.00 bits per heavy atom. The molecule has 0 bridgehead atoms. The van der Waals surface area contributed by atoms with Gasteiger partial charge in [-0.25, -0.2) is 0 Å². The number of rotatable bonds is 4. The van der Waals surface area contributed by atoms with Gasteiger partial charge in [-0.1, -0.05) is 13.8 Å². The van der Waals surface area contributed by atoms with Gasteiger partial charge in [0, 0.05) is 13.2 Å². The highest BCUT2D eigenvalue weighted by atomic mass is 16.5. The number of hydrogen-bond acceptors (Lipinski definition) is 1. The van der Waals surface area contributed by atoms with Crippen LogP contribution in [0.3, 0.4) is 0 Å². The minimum Gasteiger partial charge on any atom is -0.382 e. The summed E-state index contributed by atoms with van der Waals surface area (Å²) in [5.74, 6) is 2.82. The smallest absolute Gasteiger partial charge is 0.0468 e. The highest BCUT2D eigenvalue weighted by molar-refractivity contribution is 4.78. The average molecular weight is 170 g/mol. The average Bonchev–Trinajstić information content (AvgIpc) is 2.31. The Hall–Kier alpha value is -0.0400. The molecule has 0 saturated heterocycles. The highest BCUT2D eigenvalue weighted by Gasteiger charge is 2.27. The van der Waals surface area contributed by atoms with Crippen molar-refractivity contribution in [1.29, 1.82) is 0 Å². The monoisotopic (exact) mass is 170 g/mol. The Labute approximate surface area is 76.5 Å². The first-order chi connectivity index (χ1) is 5.74. The first-order valence-corrected chi connectivity index (χ1v) is 5.31. The molecule has 1 saturated carbocycles. The first-order valence-electron chi connectivity index (χ1n) is 5.31. The summed E-state index contributed by atoms with van der Waals surface area (Å²) in [5.41, 5.74) is 0. The molecule has 3 atom stereocenters. The van der Waals surface area contributed by atoms with Crippen molar-refractivity contribution in [1.82, 2.24) is 0 Å². The van der Waals surface area contributed by atoms with Crippen LogP contribution >= 0.6 is 0 Å². The van der Waals surface area contributed by atoms with Crippen LogP contribution in [0.5, 0.6) is 0 Å². The van der Waals surface area contributed by atoms with Crippen molar-refractivity contribution >= 4 is 0 Å². The second kappa shape index (κ2) is 4.86. The Bertz CT molecular complexity index is 122. The maximum atomic E-state index is 5.38. The van der Waals surface area contributed by atoms with E-state index >= 15 is 0 Å². The van der Waals surface area contributed by atoms with Gasteiger partial charge in [0.05, 0.1) is 0 Å². The molecule has 0 aromatic carbocycles. The maximum Gasteiger partial charge on any atom is 0.0468 e. The Kier molecular flexibility index (Phi) is 4.07. The lowest BCUT2D eigenvalue weighted by atomic mass is 9.95.